The van der Waals surface area contributed by atoms with Crippen LogP contribution in [0.2, 0.25) is 0 Å². The van der Waals surface area contributed by atoms with Crippen LogP contribution in [-0.2, 0) is 0 Å². The van der Waals surface area contributed by atoms with Crippen molar-refractivity contribution in [3.8, 4) is 0 Å². The molecular formula is HBrClNaO3. The first-order valence-electron chi connectivity index (χ1n) is 0.478. The molecule has 0 radical (unpaired) electrons. The van der Waals surface area contributed by atoms with Gasteiger partial charge in [0.2, 0.25) is 0 Å². The van der Waals surface area contributed by atoms with Crippen molar-refractivity contribution >= 4 is 0 Å². The predicted octanol–water partition coefficient (Wildman–Crippen LogP) is -8.93. The second kappa shape index (κ2) is 9.82. The van der Waals surface area contributed by atoms with Crippen LogP contribution in [0.3, 0.4) is 0 Å². The molecule has 0 saturated carbocycles. The molecule has 0 heterocycles. The Morgan fingerprint density at radius 1 is 1.33 bits per heavy atom. The summed E-state index contributed by atoms with van der Waals surface area (Å²) in [5, 5.41) is 0. The van der Waals surface area contributed by atoms with E-state index in [1.165, 1.54) is 0 Å². The van der Waals surface area contributed by atoms with Gasteiger partial charge in [0.15, 0.2) is 0 Å². The standard InChI is InChI=1S/BrH.ClHO3.Na/c;2-1(3)4;/h1H;2H;/q;;+1/p-1. The predicted molar refractivity (Wildman–Crippen MR) is 2.22 cm³/mol. The summed E-state index contributed by atoms with van der Waals surface area (Å²) in [5.41, 5.74) is 0. The Bertz CT molecular complexity index is 15.5. The van der Waals surface area contributed by atoms with Gasteiger partial charge < -0.3 is 26.3 Å². The minimum absolute atomic E-state index is 0. The van der Waals surface area contributed by atoms with Gasteiger partial charge in [0.1, 0.15) is 0 Å². The van der Waals surface area contributed by atoms with Crippen LogP contribution in [-0.4, -0.2) is 4.66 Å². The molecule has 0 fully saturated rings. The van der Waals surface area contributed by atoms with Crippen molar-refractivity contribution in [2.75, 3.05) is 0 Å². The maximum absolute atomic E-state index is 8.52. The van der Waals surface area contributed by atoms with E-state index in [2.05, 4.69) is 0 Å². The van der Waals surface area contributed by atoms with Gasteiger partial charge in [0.25, 0.3) is 10.8 Å². The average molecular weight is 187 g/mol. The van der Waals surface area contributed by atoms with E-state index >= 15 is 0 Å². The van der Waals surface area contributed by atoms with Crippen LogP contribution in [0, 0.1) is 10.8 Å². The average Bonchev–Trinajstić information content (AvgIpc) is 0.811. The molecule has 6 heteroatoms. The van der Waals surface area contributed by atoms with Crippen molar-refractivity contribution in [2.24, 2.45) is 0 Å². The molecule has 0 amide bonds. The molecule has 0 unspecified atom stereocenters. The molecule has 34 valence electrons. The Morgan fingerprint density at radius 2 is 1.33 bits per heavy atom. The van der Waals surface area contributed by atoms with E-state index in [0.717, 1.165) is 0 Å². The maximum Gasteiger partial charge on any atom is 1.00 e. The van der Waals surface area contributed by atoms with E-state index in [1.54, 1.807) is 0 Å². The van der Waals surface area contributed by atoms with E-state index < -0.39 is 10.8 Å². The molecule has 3 nitrogen and oxygen atoms in total. The molecule has 0 aliphatic carbocycles. The summed E-state index contributed by atoms with van der Waals surface area (Å²) >= 11 is 0. The molecule has 0 saturated heterocycles. The molecule has 1 N–H and O–H groups in total. The number of halogens is 2. The first kappa shape index (κ1) is 15.6. The molecule has 0 aromatic carbocycles. The number of rotatable bonds is 0. The molecule has 0 spiro atoms. The Hall–Kier alpha value is 1.65. The Balaban J connectivity index is -0.0000000450. The van der Waals surface area contributed by atoms with Gasteiger partial charge in [-0.05, 0) is 0 Å². The molecule has 6 heavy (non-hydrogen) atoms. The monoisotopic (exact) mass is 186 g/mol. The summed E-state index contributed by atoms with van der Waals surface area (Å²) in [6.07, 6.45) is 0. The van der Waals surface area contributed by atoms with E-state index in [9.17, 15) is 0 Å². The molecule has 0 aromatic rings. The third-order valence-corrected chi connectivity index (χ3v) is 0. The summed E-state index contributed by atoms with van der Waals surface area (Å²) in [6.45, 7) is 0. The quantitative estimate of drug-likeness (QED) is 0.383. The minimum atomic E-state index is -2.60. The molecule has 0 atom stereocenters. The maximum atomic E-state index is 8.52. The second-order valence-corrected chi connectivity index (χ2v) is 0.603. The van der Waals surface area contributed by atoms with Gasteiger partial charge in [-0.15, -0.1) is 0 Å². The van der Waals surface area contributed by atoms with Crippen molar-refractivity contribution < 1.29 is 71.3 Å². The SMILES string of the molecule is [Br-].[Na+].[O-][Cl+2]([O-])O. The first-order valence-corrected chi connectivity index (χ1v) is 1.43. The topological polar surface area (TPSA) is 66.3 Å². The van der Waals surface area contributed by atoms with Gasteiger partial charge in [-0.1, -0.05) is 0 Å². The van der Waals surface area contributed by atoms with Crippen molar-refractivity contribution in [3.63, 3.8) is 0 Å². The van der Waals surface area contributed by atoms with Crippen LogP contribution in [0.1, 0.15) is 0 Å². The largest absolute Gasteiger partial charge is 1.00 e. The first-order chi connectivity index (χ1) is 1.73. The third kappa shape index (κ3) is 44.9. The van der Waals surface area contributed by atoms with Crippen LogP contribution >= 0.6 is 0 Å². The van der Waals surface area contributed by atoms with Crippen LogP contribution < -0.4 is 55.9 Å². The molecule has 0 aliphatic heterocycles. The second-order valence-electron chi connectivity index (χ2n) is 0.201. The minimum Gasteiger partial charge on any atom is -1.00 e. The number of hydrogen-bond donors (Lipinski definition) is 1. The van der Waals surface area contributed by atoms with Gasteiger partial charge in [0.05, 0.1) is 0 Å². The molecule has 0 rings (SSSR count). The fraction of sp³-hybridized carbons (Fsp3) is 0. The van der Waals surface area contributed by atoms with Crippen LogP contribution in [0.4, 0.5) is 0 Å². The molecule has 0 aliphatic rings. The smallest absolute Gasteiger partial charge is 1.00 e. The van der Waals surface area contributed by atoms with E-state index in [0.29, 0.717) is 0 Å². The summed E-state index contributed by atoms with van der Waals surface area (Å²) in [7, 11) is -2.60. The third-order valence-electron chi connectivity index (χ3n) is 0. The van der Waals surface area contributed by atoms with Gasteiger partial charge in [0, 0.05) is 4.66 Å². The summed E-state index contributed by atoms with van der Waals surface area (Å²) in [6, 6.07) is 0. The van der Waals surface area contributed by atoms with Gasteiger partial charge in [-0.3, -0.25) is 0 Å². The van der Waals surface area contributed by atoms with Crippen molar-refractivity contribution in [3.05, 3.63) is 0 Å². The van der Waals surface area contributed by atoms with E-state index in [4.69, 9.17) is 14.0 Å². The van der Waals surface area contributed by atoms with Gasteiger partial charge in [-0.25, -0.2) is 0 Å². The summed E-state index contributed by atoms with van der Waals surface area (Å²) < 4.78 is 24.0. The summed E-state index contributed by atoms with van der Waals surface area (Å²) in [4.78, 5) is 0. The zero-order valence-electron chi connectivity index (χ0n) is 3.02. The van der Waals surface area contributed by atoms with E-state index in [-0.39, 0.29) is 46.5 Å². The Morgan fingerprint density at radius 3 is 1.33 bits per heavy atom. The van der Waals surface area contributed by atoms with Crippen LogP contribution in [0.25, 0.3) is 0 Å². The van der Waals surface area contributed by atoms with Gasteiger partial charge >= 0.3 is 29.6 Å². The van der Waals surface area contributed by atoms with Crippen molar-refractivity contribution in [1.29, 1.82) is 0 Å². The summed E-state index contributed by atoms with van der Waals surface area (Å²) in [5.74, 6) is 0. The van der Waals surface area contributed by atoms with Crippen molar-refractivity contribution in [1.82, 2.24) is 0 Å². The van der Waals surface area contributed by atoms with Crippen LogP contribution in [0.15, 0.2) is 0 Å². The molecular weight excluding hydrogens is 186 g/mol. The Labute approximate surface area is 70.8 Å². The molecule has 0 bridgehead atoms. The molecule has 0 aromatic heterocycles. The van der Waals surface area contributed by atoms with E-state index in [1.807, 2.05) is 0 Å². The normalized spacial score (nSPS) is 6.00. The fourth-order valence-corrected chi connectivity index (χ4v) is 0. The van der Waals surface area contributed by atoms with Crippen LogP contribution in [0.5, 0.6) is 0 Å². The zero-order valence-corrected chi connectivity index (χ0v) is 7.36. The van der Waals surface area contributed by atoms with Gasteiger partial charge in [-0.2, -0.15) is 0 Å². The Kier molecular flexibility index (Phi) is 25.6. The van der Waals surface area contributed by atoms with Crippen molar-refractivity contribution in [2.45, 2.75) is 0 Å². The zero-order chi connectivity index (χ0) is 3.58. The number of hydrogen-bond acceptors (Lipinski definition) is 3. The fourth-order valence-electron chi connectivity index (χ4n) is 0.